The highest BCUT2D eigenvalue weighted by molar-refractivity contribution is 5.21. The molecule has 0 amide bonds. The van der Waals surface area contributed by atoms with Gasteiger partial charge in [-0.1, -0.05) is 37.3 Å². The predicted octanol–water partition coefficient (Wildman–Crippen LogP) is 3.73. The van der Waals surface area contributed by atoms with E-state index in [1.807, 2.05) is 0 Å². The van der Waals surface area contributed by atoms with Crippen LogP contribution in [0.5, 0.6) is 0 Å². The zero-order valence-electron chi connectivity index (χ0n) is 12.8. The van der Waals surface area contributed by atoms with E-state index in [-0.39, 0.29) is 5.60 Å². The van der Waals surface area contributed by atoms with Gasteiger partial charge in [-0.05, 0) is 56.6 Å². The molecule has 20 heavy (non-hydrogen) atoms. The van der Waals surface area contributed by atoms with Crippen LogP contribution in [0.1, 0.15) is 50.5 Å². The van der Waals surface area contributed by atoms with Gasteiger partial charge in [0.2, 0.25) is 0 Å². The number of hydrogen-bond acceptors (Lipinski definition) is 2. The highest BCUT2D eigenvalue weighted by Crippen LogP contribution is 2.46. The van der Waals surface area contributed by atoms with E-state index in [4.69, 9.17) is 4.74 Å². The molecule has 0 bridgehead atoms. The van der Waals surface area contributed by atoms with Crippen molar-refractivity contribution in [1.82, 2.24) is 5.32 Å². The Bertz CT molecular complexity index is 426. The lowest BCUT2D eigenvalue weighted by molar-refractivity contribution is -0.147. The van der Waals surface area contributed by atoms with Crippen molar-refractivity contribution in [3.63, 3.8) is 0 Å². The van der Waals surface area contributed by atoms with E-state index in [1.54, 1.807) is 0 Å². The molecule has 0 radical (unpaired) electrons. The molecule has 2 heteroatoms. The third-order valence-electron chi connectivity index (χ3n) is 5.50. The first-order valence-corrected chi connectivity index (χ1v) is 8.10. The molecule has 110 valence electrons. The first-order chi connectivity index (χ1) is 9.74. The van der Waals surface area contributed by atoms with Crippen molar-refractivity contribution in [3.8, 4) is 0 Å². The molecule has 1 spiro atoms. The number of likely N-dealkylation sites (N-methyl/N-ethyl adjacent to an activating group) is 1. The van der Waals surface area contributed by atoms with Gasteiger partial charge in [-0.2, -0.15) is 0 Å². The van der Waals surface area contributed by atoms with Crippen LogP contribution in [0.4, 0.5) is 0 Å². The summed E-state index contributed by atoms with van der Waals surface area (Å²) in [6.45, 7) is 3.31. The molecule has 1 heterocycles. The average Bonchev–Trinajstić information content (AvgIpc) is 2.47. The standard InChI is InChI=1S/C18H27NO/c1-14(15-7-4-3-5-8-15)17(19-2)16-9-12-20-18(13-16)10-6-11-18/h3-5,7-8,14,16-17,19H,6,9-13H2,1-2H3. The van der Waals surface area contributed by atoms with Gasteiger partial charge in [0.1, 0.15) is 0 Å². The quantitative estimate of drug-likeness (QED) is 0.902. The molecule has 3 rings (SSSR count). The largest absolute Gasteiger partial charge is 0.375 e. The van der Waals surface area contributed by atoms with Crippen LogP contribution in [0.3, 0.4) is 0 Å². The van der Waals surface area contributed by atoms with Gasteiger partial charge in [-0.15, -0.1) is 0 Å². The molecular formula is C18H27NO. The van der Waals surface area contributed by atoms with Crippen LogP contribution in [-0.4, -0.2) is 25.3 Å². The van der Waals surface area contributed by atoms with Crippen LogP contribution in [0.15, 0.2) is 30.3 Å². The summed E-state index contributed by atoms with van der Waals surface area (Å²) in [5.74, 6) is 1.30. The molecule has 2 fully saturated rings. The van der Waals surface area contributed by atoms with Crippen molar-refractivity contribution in [3.05, 3.63) is 35.9 Å². The van der Waals surface area contributed by atoms with Crippen LogP contribution >= 0.6 is 0 Å². The van der Waals surface area contributed by atoms with Crippen molar-refractivity contribution >= 4 is 0 Å². The Labute approximate surface area is 122 Å². The van der Waals surface area contributed by atoms with Gasteiger partial charge in [0, 0.05) is 12.6 Å². The van der Waals surface area contributed by atoms with Crippen molar-refractivity contribution in [1.29, 1.82) is 0 Å². The van der Waals surface area contributed by atoms with Crippen LogP contribution in [-0.2, 0) is 4.74 Å². The second-order valence-electron chi connectivity index (χ2n) is 6.65. The average molecular weight is 273 g/mol. The monoisotopic (exact) mass is 273 g/mol. The molecule has 1 aliphatic heterocycles. The van der Waals surface area contributed by atoms with Crippen LogP contribution in [0, 0.1) is 5.92 Å². The minimum absolute atomic E-state index is 0.244. The first kappa shape index (κ1) is 14.1. The maximum absolute atomic E-state index is 6.08. The first-order valence-electron chi connectivity index (χ1n) is 8.10. The molecule has 1 aliphatic carbocycles. The van der Waals surface area contributed by atoms with Gasteiger partial charge in [0.15, 0.2) is 0 Å². The predicted molar refractivity (Wildman–Crippen MR) is 83.0 cm³/mol. The van der Waals surface area contributed by atoms with Crippen molar-refractivity contribution in [2.24, 2.45) is 5.92 Å². The number of rotatable bonds is 4. The highest BCUT2D eigenvalue weighted by atomic mass is 16.5. The van der Waals surface area contributed by atoms with E-state index in [2.05, 4.69) is 49.6 Å². The third kappa shape index (κ3) is 2.64. The zero-order chi connectivity index (χ0) is 14.0. The fourth-order valence-electron chi connectivity index (χ4n) is 4.15. The van der Waals surface area contributed by atoms with Gasteiger partial charge < -0.3 is 10.1 Å². The number of nitrogens with one attached hydrogen (secondary N) is 1. The Morgan fingerprint density at radius 2 is 2.00 bits per heavy atom. The maximum Gasteiger partial charge on any atom is 0.0685 e. The van der Waals surface area contributed by atoms with E-state index in [9.17, 15) is 0 Å². The molecule has 3 atom stereocenters. The number of hydrogen-bond donors (Lipinski definition) is 1. The van der Waals surface area contributed by atoms with Gasteiger partial charge in [-0.25, -0.2) is 0 Å². The Balaban J connectivity index is 1.72. The molecule has 3 unspecified atom stereocenters. The Kier molecular flexibility index (Phi) is 4.13. The molecule has 2 aliphatic rings. The van der Waals surface area contributed by atoms with E-state index in [0.717, 1.165) is 12.5 Å². The molecule has 1 saturated carbocycles. The summed E-state index contributed by atoms with van der Waals surface area (Å²) in [7, 11) is 2.12. The molecule has 2 nitrogen and oxygen atoms in total. The molecule has 0 aromatic heterocycles. The summed E-state index contributed by atoms with van der Waals surface area (Å²) in [6, 6.07) is 11.5. The van der Waals surface area contributed by atoms with Crippen molar-refractivity contribution < 1.29 is 4.74 Å². The molecule has 1 N–H and O–H groups in total. The Hall–Kier alpha value is -0.860. The Morgan fingerprint density at radius 3 is 2.60 bits per heavy atom. The summed E-state index contributed by atoms with van der Waals surface area (Å²) < 4.78 is 6.08. The van der Waals surface area contributed by atoms with Crippen molar-refractivity contribution in [2.75, 3.05) is 13.7 Å². The highest BCUT2D eigenvalue weighted by Gasteiger charge is 2.44. The minimum Gasteiger partial charge on any atom is -0.375 e. The SMILES string of the molecule is CNC(C1CCOC2(CCC2)C1)C(C)c1ccccc1. The summed E-state index contributed by atoms with van der Waals surface area (Å²) in [5, 5.41) is 3.60. The van der Waals surface area contributed by atoms with E-state index < -0.39 is 0 Å². The molecule has 1 aromatic rings. The van der Waals surface area contributed by atoms with E-state index in [1.165, 1.54) is 37.7 Å². The molecule has 1 saturated heterocycles. The molecular weight excluding hydrogens is 246 g/mol. The lowest BCUT2D eigenvalue weighted by atomic mass is 9.68. The maximum atomic E-state index is 6.08. The van der Waals surface area contributed by atoms with Crippen molar-refractivity contribution in [2.45, 2.75) is 56.6 Å². The number of ether oxygens (including phenoxy) is 1. The lowest BCUT2D eigenvalue weighted by Crippen LogP contribution is -2.51. The van der Waals surface area contributed by atoms with Crippen LogP contribution < -0.4 is 5.32 Å². The molecule has 1 aromatic carbocycles. The van der Waals surface area contributed by atoms with Crippen LogP contribution in [0.2, 0.25) is 0 Å². The smallest absolute Gasteiger partial charge is 0.0685 e. The van der Waals surface area contributed by atoms with Gasteiger partial charge in [-0.3, -0.25) is 0 Å². The van der Waals surface area contributed by atoms with E-state index >= 15 is 0 Å². The Morgan fingerprint density at radius 1 is 1.25 bits per heavy atom. The minimum atomic E-state index is 0.244. The van der Waals surface area contributed by atoms with Gasteiger partial charge >= 0.3 is 0 Å². The second kappa shape index (κ2) is 5.87. The fourth-order valence-corrected chi connectivity index (χ4v) is 4.15. The van der Waals surface area contributed by atoms with E-state index in [0.29, 0.717) is 12.0 Å². The summed E-state index contributed by atoms with van der Waals surface area (Å²) in [6.07, 6.45) is 6.35. The summed E-state index contributed by atoms with van der Waals surface area (Å²) in [5.41, 5.74) is 1.69. The fraction of sp³-hybridized carbons (Fsp3) is 0.667. The summed E-state index contributed by atoms with van der Waals surface area (Å²) >= 11 is 0. The topological polar surface area (TPSA) is 21.3 Å². The normalized spacial score (nSPS) is 27.8. The number of benzene rings is 1. The lowest BCUT2D eigenvalue weighted by Gasteiger charge is -2.49. The zero-order valence-corrected chi connectivity index (χ0v) is 12.8. The second-order valence-corrected chi connectivity index (χ2v) is 6.65. The summed E-state index contributed by atoms with van der Waals surface area (Å²) in [4.78, 5) is 0. The van der Waals surface area contributed by atoms with Crippen LogP contribution in [0.25, 0.3) is 0 Å². The van der Waals surface area contributed by atoms with Gasteiger partial charge in [0.05, 0.1) is 5.60 Å². The van der Waals surface area contributed by atoms with Gasteiger partial charge in [0.25, 0.3) is 0 Å². The third-order valence-corrected chi connectivity index (χ3v) is 5.50.